The van der Waals surface area contributed by atoms with Gasteiger partial charge in [-0.2, -0.15) is 0 Å². The molecule has 4 N–H and O–H groups in total. The van der Waals surface area contributed by atoms with Crippen LogP contribution in [-0.2, 0) is 11.2 Å². The van der Waals surface area contributed by atoms with Gasteiger partial charge in [0, 0.05) is 18.3 Å². The van der Waals surface area contributed by atoms with Crippen LogP contribution < -0.4 is 16.4 Å². The third kappa shape index (κ3) is 2.64. The molecule has 114 valence electrons. The molecule has 1 saturated carbocycles. The van der Waals surface area contributed by atoms with Crippen LogP contribution in [0, 0.1) is 6.92 Å². The maximum Gasteiger partial charge on any atom is 0.237 e. The van der Waals surface area contributed by atoms with Crippen LogP contribution in [0.4, 0.5) is 5.69 Å². The highest BCUT2D eigenvalue weighted by molar-refractivity contribution is 5.84. The molecule has 0 saturated heterocycles. The highest BCUT2D eigenvalue weighted by Gasteiger charge is 2.40. The summed E-state index contributed by atoms with van der Waals surface area (Å²) in [4.78, 5) is 14.1. The highest BCUT2D eigenvalue weighted by atomic mass is 16.1. The van der Waals surface area contributed by atoms with Crippen molar-refractivity contribution in [2.45, 2.75) is 57.0 Å². The van der Waals surface area contributed by atoms with E-state index in [1.807, 2.05) is 0 Å². The molecule has 0 radical (unpaired) electrons. The summed E-state index contributed by atoms with van der Waals surface area (Å²) in [6, 6.07) is 7.01. The van der Waals surface area contributed by atoms with Gasteiger partial charge in [0.2, 0.25) is 5.91 Å². The molecule has 1 aliphatic heterocycles. The number of nitrogens with two attached hydrogens (primary N) is 2. The molecular formula is C17H25N3O. The fraction of sp³-hybridized carbons (Fsp3) is 0.588. The molecule has 4 heteroatoms. The Morgan fingerprint density at radius 3 is 2.95 bits per heavy atom. The average molecular weight is 287 g/mol. The fourth-order valence-electron chi connectivity index (χ4n) is 3.90. The van der Waals surface area contributed by atoms with Gasteiger partial charge in [-0.3, -0.25) is 4.79 Å². The van der Waals surface area contributed by atoms with Crippen molar-refractivity contribution >= 4 is 11.6 Å². The molecule has 0 spiro atoms. The Hall–Kier alpha value is -1.55. The number of aryl methyl sites for hydroxylation is 2. The molecule has 3 rings (SSSR count). The van der Waals surface area contributed by atoms with E-state index in [1.165, 1.54) is 23.2 Å². The molecule has 2 unspecified atom stereocenters. The summed E-state index contributed by atoms with van der Waals surface area (Å²) in [6.07, 6.45) is 5.77. The van der Waals surface area contributed by atoms with E-state index < -0.39 is 5.54 Å². The monoisotopic (exact) mass is 287 g/mol. The van der Waals surface area contributed by atoms with Crippen molar-refractivity contribution in [1.82, 2.24) is 0 Å². The van der Waals surface area contributed by atoms with E-state index in [-0.39, 0.29) is 5.91 Å². The van der Waals surface area contributed by atoms with E-state index in [9.17, 15) is 4.79 Å². The number of amides is 1. The Morgan fingerprint density at radius 2 is 2.19 bits per heavy atom. The summed E-state index contributed by atoms with van der Waals surface area (Å²) in [7, 11) is 0. The smallest absolute Gasteiger partial charge is 0.237 e. The summed E-state index contributed by atoms with van der Waals surface area (Å²) in [5.74, 6) is -0.353. The Kier molecular flexibility index (Phi) is 3.66. The van der Waals surface area contributed by atoms with Crippen LogP contribution in [0.25, 0.3) is 0 Å². The minimum absolute atomic E-state index is 0.331. The van der Waals surface area contributed by atoms with E-state index in [0.717, 1.165) is 25.8 Å². The van der Waals surface area contributed by atoms with Gasteiger partial charge in [-0.1, -0.05) is 17.7 Å². The molecule has 0 aromatic heterocycles. The lowest BCUT2D eigenvalue weighted by Gasteiger charge is -2.44. The number of rotatable bonds is 2. The van der Waals surface area contributed by atoms with Gasteiger partial charge in [-0.15, -0.1) is 0 Å². The maximum atomic E-state index is 11.7. The lowest BCUT2D eigenvalue weighted by Crippen LogP contribution is -2.58. The number of carbonyl (C=O) groups excluding carboxylic acids is 1. The largest absolute Gasteiger partial charge is 0.368 e. The molecule has 1 aromatic carbocycles. The van der Waals surface area contributed by atoms with Crippen molar-refractivity contribution in [3.8, 4) is 0 Å². The molecule has 2 aliphatic rings. The first-order valence-electron chi connectivity index (χ1n) is 7.94. The second kappa shape index (κ2) is 5.34. The fourth-order valence-corrected chi connectivity index (χ4v) is 3.90. The second-order valence-electron chi connectivity index (χ2n) is 6.70. The third-order valence-corrected chi connectivity index (χ3v) is 5.08. The van der Waals surface area contributed by atoms with Gasteiger partial charge in [0.25, 0.3) is 0 Å². The molecule has 1 fully saturated rings. The molecule has 0 bridgehead atoms. The minimum atomic E-state index is -0.828. The first-order chi connectivity index (χ1) is 9.99. The predicted molar refractivity (Wildman–Crippen MR) is 85.2 cm³/mol. The van der Waals surface area contributed by atoms with Gasteiger partial charge in [0.15, 0.2) is 0 Å². The number of hydrogen-bond donors (Lipinski definition) is 2. The Balaban J connectivity index is 1.87. The molecule has 1 aromatic rings. The Bertz CT molecular complexity index is 557. The average Bonchev–Trinajstić information content (AvgIpc) is 2.46. The van der Waals surface area contributed by atoms with Crippen LogP contribution in [0.5, 0.6) is 0 Å². The summed E-state index contributed by atoms with van der Waals surface area (Å²) in [5, 5.41) is 0. The second-order valence-corrected chi connectivity index (χ2v) is 6.70. The Labute approximate surface area is 126 Å². The third-order valence-electron chi connectivity index (χ3n) is 5.08. The number of fused-ring (bicyclic) bond motifs is 1. The summed E-state index contributed by atoms with van der Waals surface area (Å²) < 4.78 is 0. The SMILES string of the molecule is Cc1ccc2c(c1)CCCN2C1CCCC(N)(C(N)=O)C1. The van der Waals surface area contributed by atoms with Crippen LogP contribution in [0.2, 0.25) is 0 Å². The normalized spacial score (nSPS) is 29.0. The molecule has 1 heterocycles. The van der Waals surface area contributed by atoms with E-state index >= 15 is 0 Å². The summed E-state index contributed by atoms with van der Waals surface area (Å²) in [5.41, 5.74) is 15.0. The minimum Gasteiger partial charge on any atom is -0.368 e. The van der Waals surface area contributed by atoms with Crippen LogP contribution in [0.3, 0.4) is 0 Å². The van der Waals surface area contributed by atoms with Crippen molar-refractivity contribution < 1.29 is 4.79 Å². The van der Waals surface area contributed by atoms with Crippen LogP contribution in [0.15, 0.2) is 18.2 Å². The van der Waals surface area contributed by atoms with Gasteiger partial charge < -0.3 is 16.4 Å². The van der Waals surface area contributed by atoms with Crippen molar-refractivity contribution in [2.75, 3.05) is 11.4 Å². The first-order valence-corrected chi connectivity index (χ1v) is 7.94. The maximum absolute atomic E-state index is 11.7. The van der Waals surface area contributed by atoms with E-state index in [1.54, 1.807) is 0 Å². The number of benzene rings is 1. The molecule has 4 nitrogen and oxygen atoms in total. The van der Waals surface area contributed by atoms with E-state index in [4.69, 9.17) is 11.5 Å². The summed E-state index contributed by atoms with van der Waals surface area (Å²) in [6.45, 7) is 3.19. The molecule has 2 atom stereocenters. The molecule has 1 aliphatic carbocycles. The lowest BCUT2D eigenvalue weighted by atomic mass is 9.78. The van der Waals surface area contributed by atoms with Crippen molar-refractivity contribution in [2.24, 2.45) is 11.5 Å². The zero-order valence-electron chi connectivity index (χ0n) is 12.8. The first kappa shape index (κ1) is 14.4. The van der Waals surface area contributed by atoms with Crippen molar-refractivity contribution in [1.29, 1.82) is 0 Å². The van der Waals surface area contributed by atoms with Crippen molar-refractivity contribution in [3.63, 3.8) is 0 Å². The highest BCUT2D eigenvalue weighted by Crippen LogP contribution is 2.36. The van der Waals surface area contributed by atoms with Crippen LogP contribution >= 0.6 is 0 Å². The van der Waals surface area contributed by atoms with E-state index in [2.05, 4.69) is 30.0 Å². The number of anilines is 1. The number of nitrogens with zero attached hydrogens (tertiary/aromatic N) is 1. The Morgan fingerprint density at radius 1 is 1.38 bits per heavy atom. The standard InChI is InChI=1S/C17H25N3O/c1-12-6-7-15-13(10-12)4-3-9-20(15)14-5-2-8-17(19,11-14)16(18)21/h6-7,10,14H,2-5,8-9,11,19H2,1H3,(H2,18,21). The molecule has 21 heavy (non-hydrogen) atoms. The quantitative estimate of drug-likeness (QED) is 0.872. The van der Waals surface area contributed by atoms with Crippen molar-refractivity contribution in [3.05, 3.63) is 29.3 Å². The molecule has 1 amide bonds. The van der Waals surface area contributed by atoms with Gasteiger partial charge >= 0.3 is 0 Å². The van der Waals surface area contributed by atoms with Crippen LogP contribution in [0.1, 0.15) is 43.2 Å². The zero-order chi connectivity index (χ0) is 15.0. The van der Waals surface area contributed by atoms with Gasteiger partial charge in [-0.25, -0.2) is 0 Å². The van der Waals surface area contributed by atoms with Gasteiger partial charge in [-0.05, 0) is 57.1 Å². The topological polar surface area (TPSA) is 72.3 Å². The van der Waals surface area contributed by atoms with Crippen LogP contribution in [-0.4, -0.2) is 24.0 Å². The number of carbonyl (C=O) groups is 1. The molecular weight excluding hydrogens is 262 g/mol. The van der Waals surface area contributed by atoms with Gasteiger partial charge in [0.1, 0.15) is 0 Å². The number of hydrogen-bond acceptors (Lipinski definition) is 3. The predicted octanol–water partition coefficient (Wildman–Crippen LogP) is 1.87. The van der Waals surface area contributed by atoms with Gasteiger partial charge in [0.05, 0.1) is 5.54 Å². The van der Waals surface area contributed by atoms with E-state index in [0.29, 0.717) is 18.9 Å². The summed E-state index contributed by atoms with van der Waals surface area (Å²) >= 11 is 0. The lowest BCUT2D eigenvalue weighted by molar-refractivity contribution is -0.124. The zero-order valence-corrected chi connectivity index (χ0v) is 12.8. The number of primary amides is 1.